The number of hydrogen-bond acceptors (Lipinski definition) is 5. The molecule has 0 spiro atoms. The van der Waals surface area contributed by atoms with Crippen LogP contribution in [0.1, 0.15) is 11.8 Å². The molecule has 2 bridgehead atoms. The van der Waals surface area contributed by atoms with Crippen LogP contribution in [0.2, 0.25) is 5.02 Å². The van der Waals surface area contributed by atoms with Crippen LogP contribution in [-0.4, -0.2) is 77.2 Å². The number of rotatable bonds is 5. The van der Waals surface area contributed by atoms with Crippen molar-refractivity contribution in [1.82, 2.24) is 19.6 Å². The highest BCUT2D eigenvalue weighted by molar-refractivity contribution is 6.31. The van der Waals surface area contributed by atoms with Crippen molar-refractivity contribution in [3.8, 4) is 0 Å². The number of nitrogens with zero attached hydrogens (tertiary/aromatic N) is 4. The highest BCUT2D eigenvalue weighted by Crippen LogP contribution is 2.31. The van der Waals surface area contributed by atoms with Crippen LogP contribution in [0, 0.1) is 0 Å². The monoisotopic (exact) mass is 300 g/mol. The highest BCUT2D eigenvalue weighted by atomic mass is 35.5. The number of fused-ring (bicyclic) bond motifs is 3. The number of ether oxygens (including phenoxy) is 1. The van der Waals surface area contributed by atoms with Gasteiger partial charge in [0.1, 0.15) is 6.10 Å². The molecule has 0 aromatic carbocycles. The van der Waals surface area contributed by atoms with Crippen LogP contribution in [0.25, 0.3) is 0 Å². The third-order valence-corrected chi connectivity index (χ3v) is 4.60. The van der Waals surface area contributed by atoms with Gasteiger partial charge in [0.15, 0.2) is 0 Å². The van der Waals surface area contributed by atoms with E-state index in [2.05, 4.69) is 14.9 Å². The lowest BCUT2D eigenvalue weighted by atomic mass is 10.00. The molecule has 3 aliphatic rings. The molecule has 1 aromatic rings. The lowest BCUT2D eigenvalue weighted by Gasteiger charge is -2.49. The molecule has 2 atom stereocenters. The molecule has 3 aliphatic heterocycles. The SMILES string of the molecule is COCCn1ncc(Cl)c1C(O)C1CN2CCN1CC2. The van der Waals surface area contributed by atoms with E-state index in [0.717, 1.165) is 32.7 Å². The summed E-state index contributed by atoms with van der Waals surface area (Å²) in [5, 5.41) is 15.5. The maximum atomic E-state index is 10.8. The van der Waals surface area contributed by atoms with E-state index in [9.17, 15) is 5.11 Å². The van der Waals surface area contributed by atoms with Crippen molar-refractivity contribution in [3.63, 3.8) is 0 Å². The summed E-state index contributed by atoms with van der Waals surface area (Å²) in [4.78, 5) is 4.76. The third-order valence-electron chi connectivity index (χ3n) is 4.31. The van der Waals surface area contributed by atoms with Gasteiger partial charge in [-0.15, -0.1) is 0 Å². The first-order valence-electron chi connectivity index (χ1n) is 7.05. The summed E-state index contributed by atoms with van der Waals surface area (Å²) in [6, 6.07) is 0.105. The summed E-state index contributed by atoms with van der Waals surface area (Å²) >= 11 is 6.22. The van der Waals surface area contributed by atoms with Gasteiger partial charge in [-0.1, -0.05) is 11.6 Å². The third kappa shape index (κ3) is 2.58. The Balaban J connectivity index is 1.79. The fourth-order valence-corrected chi connectivity index (χ4v) is 3.41. The van der Waals surface area contributed by atoms with Gasteiger partial charge in [0, 0.05) is 39.8 Å². The van der Waals surface area contributed by atoms with E-state index < -0.39 is 6.10 Å². The Labute approximate surface area is 123 Å². The van der Waals surface area contributed by atoms with Gasteiger partial charge < -0.3 is 9.84 Å². The topological polar surface area (TPSA) is 53.8 Å². The lowest BCUT2D eigenvalue weighted by Crippen LogP contribution is -2.62. The summed E-state index contributed by atoms with van der Waals surface area (Å²) in [5.41, 5.74) is 0.711. The summed E-state index contributed by atoms with van der Waals surface area (Å²) in [5.74, 6) is 0. The van der Waals surface area contributed by atoms with Gasteiger partial charge in [0.05, 0.1) is 36.1 Å². The number of methoxy groups -OCH3 is 1. The summed E-state index contributed by atoms with van der Waals surface area (Å²) in [7, 11) is 1.65. The van der Waals surface area contributed by atoms with Gasteiger partial charge >= 0.3 is 0 Å². The maximum Gasteiger partial charge on any atom is 0.114 e. The summed E-state index contributed by atoms with van der Waals surface area (Å²) in [6.45, 7) is 6.29. The molecule has 20 heavy (non-hydrogen) atoms. The van der Waals surface area contributed by atoms with Crippen LogP contribution in [0.5, 0.6) is 0 Å². The van der Waals surface area contributed by atoms with E-state index in [1.165, 1.54) is 0 Å². The van der Waals surface area contributed by atoms with Gasteiger partial charge in [-0.25, -0.2) is 0 Å². The first-order valence-corrected chi connectivity index (χ1v) is 7.43. The van der Waals surface area contributed by atoms with Gasteiger partial charge in [-0.2, -0.15) is 5.10 Å². The molecule has 3 saturated heterocycles. The second-order valence-electron chi connectivity index (χ2n) is 5.44. The van der Waals surface area contributed by atoms with E-state index in [4.69, 9.17) is 16.3 Å². The molecule has 3 fully saturated rings. The Hall–Kier alpha value is -0.660. The molecular weight excluding hydrogens is 280 g/mol. The van der Waals surface area contributed by atoms with Crippen molar-refractivity contribution in [1.29, 1.82) is 0 Å². The fraction of sp³-hybridized carbons (Fsp3) is 0.769. The predicted molar refractivity (Wildman–Crippen MR) is 75.9 cm³/mol. The molecule has 6 nitrogen and oxygen atoms in total. The molecule has 1 N–H and O–H groups in total. The molecule has 0 radical (unpaired) electrons. The van der Waals surface area contributed by atoms with Crippen molar-refractivity contribution < 1.29 is 9.84 Å². The molecule has 112 valence electrons. The van der Waals surface area contributed by atoms with Crippen LogP contribution in [0.3, 0.4) is 0 Å². The first-order chi connectivity index (χ1) is 9.70. The van der Waals surface area contributed by atoms with Gasteiger partial charge in [-0.05, 0) is 0 Å². The maximum absolute atomic E-state index is 10.8. The van der Waals surface area contributed by atoms with E-state index >= 15 is 0 Å². The minimum absolute atomic E-state index is 0.105. The van der Waals surface area contributed by atoms with Crippen LogP contribution in [0.15, 0.2) is 6.20 Å². The molecule has 4 rings (SSSR count). The fourth-order valence-electron chi connectivity index (χ4n) is 3.16. The van der Waals surface area contributed by atoms with Crippen molar-refractivity contribution in [2.24, 2.45) is 0 Å². The van der Waals surface area contributed by atoms with Crippen LogP contribution in [0.4, 0.5) is 0 Å². The molecule has 7 heteroatoms. The molecule has 2 unspecified atom stereocenters. The minimum Gasteiger partial charge on any atom is -0.385 e. The molecular formula is C13H21ClN4O2. The Morgan fingerprint density at radius 2 is 2.20 bits per heavy atom. The van der Waals surface area contributed by atoms with E-state index in [1.54, 1.807) is 18.0 Å². The standard InChI is InChI=1S/C13H21ClN4O2/c1-20-7-6-18-12(10(14)8-15-18)13(19)11-9-16-2-4-17(11)5-3-16/h8,11,13,19H,2-7,9H2,1H3. The largest absolute Gasteiger partial charge is 0.385 e. The van der Waals surface area contributed by atoms with Crippen molar-refractivity contribution in [2.45, 2.75) is 18.7 Å². The van der Waals surface area contributed by atoms with Crippen LogP contribution in [-0.2, 0) is 11.3 Å². The zero-order valence-corrected chi connectivity index (χ0v) is 12.5. The number of aromatic nitrogens is 2. The Morgan fingerprint density at radius 1 is 1.45 bits per heavy atom. The number of hydrogen-bond donors (Lipinski definition) is 1. The van der Waals surface area contributed by atoms with E-state index in [1.807, 2.05) is 0 Å². The summed E-state index contributed by atoms with van der Waals surface area (Å²) in [6.07, 6.45) is 0.997. The van der Waals surface area contributed by atoms with Crippen LogP contribution >= 0.6 is 11.6 Å². The van der Waals surface area contributed by atoms with Crippen molar-refractivity contribution >= 4 is 11.6 Å². The van der Waals surface area contributed by atoms with Crippen molar-refractivity contribution in [3.05, 3.63) is 16.9 Å². The summed E-state index contributed by atoms with van der Waals surface area (Å²) < 4.78 is 6.84. The van der Waals surface area contributed by atoms with Gasteiger partial charge in [-0.3, -0.25) is 14.5 Å². The molecule has 1 aromatic heterocycles. The zero-order chi connectivity index (χ0) is 14.1. The average Bonchev–Trinajstić information content (AvgIpc) is 2.86. The number of aliphatic hydroxyl groups is 1. The molecule has 0 aliphatic carbocycles. The quantitative estimate of drug-likeness (QED) is 0.843. The predicted octanol–water partition coefficient (Wildman–Crippen LogP) is 0.216. The van der Waals surface area contributed by atoms with E-state index in [-0.39, 0.29) is 6.04 Å². The second kappa shape index (κ2) is 5.99. The lowest BCUT2D eigenvalue weighted by molar-refractivity contribution is -0.0497. The Morgan fingerprint density at radius 3 is 2.80 bits per heavy atom. The molecule has 0 saturated carbocycles. The van der Waals surface area contributed by atoms with Crippen molar-refractivity contribution in [2.75, 3.05) is 46.4 Å². The second-order valence-corrected chi connectivity index (χ2v) is 5.85. The number of halogens is 1. The Kier molecular flexibility index (Phi) is 4.28. The zero-order valence-electron chi connectivity index (χ0n) is 11.7. The molecule has 0 amide bonds. The van der Waals surface area contributed by atoms with Gasteiger partial charge in [0.25, 0.3) is 0 Å². The van der Waals surface area contributed by atoms with Gasteiger partial charge in [0.2, 0.25) is 0 Å². The normalized spacial score (nSPS) is 30.6. The smallest absolute Gasteiger partial charge is 0.114 e. The number of aliphatic hydroxyl groups excluding tert-OH is 1. The average molecular weight is 301 g/mol. The van der Waals surface area contributed by atoms with E-state index in [0.29, 0.717) is 23.9 Å². The number of piperazine rings is 3. The Bertz CT molecular complexity index is 459. The van der Waals surface area contributed by atoms with Crippen LogP contribution < -0.4 is 0 Å². The minimum atomic E-state index is -0.607. The first kappa shape index (κ1) is 14.3. The highest BCUT2D eigenvalue weighted by Gasteiger charge is 2.38. The molecule has 4 heterocycles.